The maximum atomic E-state index is 9.43. The lowest BCUT2D eigenvalue weighted by molar-refractivity contribution is 0.0509. The van der Waals surface area contributed by atoms with E-state index in [1.807, 2.05) is 0 Å². The van der Waals surface area contributed by atoms with Gasteiger partial charge in [-0.15, -0.1) is 0 Å². The van der Waals surface area contributed by atoms with Crippen molar-refractivity contribution in [2.45, 2.75) is 38.3 Å². The molecule has 17 heavy (non-hydrogen) atoms. The first-order chi connectivity index (χ1) is 8.11. The van der Waals surface area contributed by atoms with Gasteiger partial charge >= 0.3 is 0 Å². The summed E-state index contributed by atoms with van der Waals surface area (Å²) in [6.07, 6.45) is 2.72. The molecule has 0 aromatic heterocycles. The fraction of sp³-hybridized carbons (Fsp3) is 1.00. The molecule has 2 aliphatic heterocycles. The van der Waals surface area contributed by atoms with Crippen molar-refractivity contribution >= 4 is 0 Å². The SMILES string of the molecule is CC1(C)CN(CCN2CCCC2)C(CO)CN1. The van der Waals surface area contributed by atoms with E-state index in [4.69, 9.17) is 0 Å². The van der Waals surface area contributed by atoms with E-state index in [0.717, 1.165) is 26.2 Å². The Morgan fingerprint density at radius 3 is 2.59 bits per heavy atom. The molecule has 2 fully saturated rings. The van der Waals surface area contributed by atoms with Crippen molar-refractivity contribution in [2.24, 2.45) is 0 Å². The zero-order valence-electron chi connectivity index (χ0n) is 11.3. The highest BCUT2D eigenvalue weighted by Crippen LogP contribution is 2.15. The molecule has 4 nitrogen and oxygen atoms in total. The summed E-state index contributed by atoms with van der Waals surface area (Å²) in [5, 5.41) is 12.9. The van der Waals surface area contributed by atoms with Crippen LogP contribution in [0, 0.1) is 0 Å². The van der Waals surface area contributed by atoms with Gasteiger partial charge in [0.25, 0.3) is 0 Å². The topological polar surface area (TPSA) is 38.7 Å². The Bertz CT molecular complexity index is 239. The molecular formula is C13H27N3O. The van der Waals surface area contributed by atoms with E-state index in [1.54, 1.807) is 0 Å². The molecule has 0 amide bonds. The van der Waals surface area contributed by atoms with Crippen molar-refractivity contribution in [2.75, 3.05) is 45.9 Å². The number of aliphatic hydroxyl groups excluding tert-OH is 1. The second kappa shape index (κ2) is 5.65. The minimum absolute atomic E-state index is 0.177. The predicted molar refractivity (Wildman–Crippen MR) is 70.2 cm³/mol. The van der Waals surface area contributed by atoms with E-state index >= 15 is 0 Å². The van der Waals surface area contributed by atoms with Gasteiger partial charge in [-0.25, -0.2) is 0 Å². The standard InChI is InChI=1S/C13H27N3O/c1-13(2)11-16(12(10-17)9-14-13)8-7-15-5-3-4-6-15/h12,14,17H,3-11H2,1-2H3. The molecule has 0 radical (unpaired) electrons. The summed E-state index contributed by atoms with van der Waals surface area (Å²) in [7, 11) is 0. The van der Waals surface area contributed by atoms with Gasteiger partial charge in [-0.05, 0) is 39.8 Å². The molecule has 1 unspecified atom stereocenters. The van der Waals surface area contributed by atoms with E-state index in [2.05, 4.69) is 29.0 Å². The van der Waals surface area contributed by atoms with Crippen LogP contribution in [0.1, 0.15) is 26.7 Å². The monoisotopic (exact) mass is 241 g/mol. The fourth-order valence-electron chi connectivity index (χ4n) is 2.93. The van der Waals surface area contributed by atoms with E-state index in [-0.39, 0.29) is 12.1 Å². The molecule has 0 aromatic carbocycles. The maximum absolute atomic E-state index is 9.43. The Balaban J connectivity index is 1.82. The lowest BCUT2D eigenvalue weighted by atomic mass is 9.99. The maximum Gasteiger partial charge on any atom is 0.0599 e. The van der Waals surface area contributed by atoms with Gasteiger partial charge in [0.2, 0.25) is 0 Å². The van der Waals surface area contributed by atoms with Crippen molar-refractivity contribution in [1.29, 1.82) is 0 Å². The molecule has 2 rings (SSSR count). The summed E-state index contributed by atoms with van der Waals surface area (Å²) in [4.78, 5) is 5.00. The van der Waals surface area contributed by atoms with Crippen LogP contribution in [0.4, 0.5) is 0 Å². The molecule has 0 saturated carbocycles. The van der Waals surface area contributed by atoms with Gasteiger partial charge in [0.1, 0.15) is 0 Å². The molecule has 2 aliphatic rings. The molecule has 2 N–H and O–H groups in total. The lowest BCUT2D eigenvalue weighted by Crippen LogP contribution is -2.63. The molecular weight excluding hydrogens is 214 g/mol. The number of likely N-dealkylation sites (tertiary alicyclic amines) is 1. The first-order valence-electron chi connectivity index (χ1n) is 6.93. The number of aliphatic hydroxyl groups is 1. The van der Waals surface area contributed by atoms with Crippen LogP contribution in [-0.4, -0.2) is 72.4 Å². The van der Waals surface area contributed by atoms with Crippen LogP contribution in [-0.2, 0) is 0 Å². The first-order valence-corrected chi connectivity index (χ1v) is 6.93. The van der Waals surface area contributed by atoms with Crippen LogP contribution < -0.4 is 5.32 Å². The summed E-state index contributed by atoms with van der Waals surface area (Å²) in [5.74, 6) is 0. The van der Waals surface area contributed by atoms with Gasteiger partial charge in [-0.2, -0.15) is 0 Å². The molecule has 2 saturated heterocycles. The highest BCUT2D eigenvalue weighted by molar-refractivity contribution is 4.92. The molecule has 0 aromatic rings. The van der Waals surface area contributed by atoms with Gasteiger partial charge in [-0.1, -0.05) is 0 Å². The summed E-state index contributed by atoms with van der Waals surface area (Å²) in [5.41, 5.74) is 0.177. The second-order valence-corrected chi connectivity index (χ2v) is 6.12. The minimum atomic E-state index is 0.177. The van der Waals surface area contributed by atoms with Crippen LogP contribution in [0.3, 0.4) is 0 Å². The molecule has 2 heterocycles. The minimum Gasteiger partial charge on any atom is -0.395 e. The van der Waals surface area contributed by atoms with Crippen molar-refractivity contribution in [1.82, 2.24) is 15.1 Å². The Morgan fingerprint density at radius 1 is 1.24 bits per heavy atom. The van der Waals surface area contributed by atoms with Gasteiger partial charge in [0, 0.05) is 37.8 Å². The van der Waals surface area contributed by atoms with Gasteiger partial charge < -0.3 is 15.3 Å². The van der Waals surface area contributed by atoms with Crippen LogP contribution in [0.15, 0.2) is 0 Å². The van der Waals surface area contributed by atoms with Crippen LogP contribution in [0.5, 0.6) is 0 Å². The normalized spacial score (nSPS) is 30.9. The summed E-state index contributed by atoms with van der Waals surface area (Å²) in [6, 6.07) is 0.297. The van der Waals surface area contributed by atoms with Gasteiger partial charge in [0.05, 0.1) is 6.61 Å². The molecule has 4 heteroatoms. The molecule has 0 spiro atoms. The summed E-state index contributed by atoms with van der Waals surface area (Å²) < 4.78 is 0. The second-order valence-electron chi connectivity index (χ2n) is 6.12. The Kier molecular flexibility index (Phi) is 4.42. The van der Waals surface area contributed by atoms with Crippen molar-refractivity contribution in [3.05, 3.63) is 0 Å². The van der Waals surface area contributed by atoms with E-state index in [1.165, 1.54) is 25.9 Å². The number of nitrogens with zero attached hydrogens (tertiary/aromatic N) is 2. The number of hydrogen-bond acceptors (Lipinski definition) is 4. The molecule has 1 atom stereocenters. The third kappa shape index (κ3) is 3.65. The predicted octanol–water partition coefficient (Wildman–Crippen LogP) is 0.127. The van der Waals surface area contributed by atoms with Crippen LogP contribution in [0.25, 0.3) is 0 Å². The largest absolute Gasteiger partial charge is 0.395 e. The Labute approximate surface area is 105 Å². The zero-order chi connectivity index (χ0) is 12.3. The highest BCUT2D eigenvalue weighted by Gasteiger charge is 2.32. The third-order valence-electron chi connectivity index (χ3n) is 4.04. The van der Waals surface area contributed by atoms with Crippen molar-refractivity contribution in [3.63, 3.8) is 0 Å². The average Bonchev–Trinajstić information content (AvgIpc) is 2.78. The fourth-order valence-corrected chi connectivity index (χ4v) is 2.93. The number of piperazine rings is 1. The average molecular weight is 241 g/mol. The number of nitrogens with one attached hydrogen (secondary N) is 1. The highest BCUT2D eigenvalue weighted by atomic mass is 16.3. The Hall–Kier alpha value is -0.160. The smallest absolute Gasteiger partial charge is 0.0599 e. The number of hydrogen-bond donors (Lipinski definition) is 2. The molecule has 0 aliphatic carbocycles. The van der Waals surface area contributed by atoms with Gasteiger partial charge in [0.15, 0.2) is 0 Å². The molecule has 100 valence electrons. The lowest BCUT2D eigenvalue weighted by Gasteiger charge is -2.44. The summed E-state index contributed by atoms with van der Waals surface area (Å²) >= 11 is 0. The first kappa shape index (κ1) is 13.3. The van der Waals surface area contributed by atoms with E-state index < -0.39 is 0 Å². The third-order valence-corrected chi connectivity index (χ3v) is 4.04. The van der Waals surface area contributed by atoms with Gasteiger partial charge in [-0.3, -0.25) is 4.90 Å². The van der Waals surface area contributed by atoms with Crippen LogP contribution in [0.2, 0.25) is 0 Å². The van der Waals surface area contributed by atoms with E-state index in [9.17, 15) is 5.11 Å². The van der Waals surface area contributed by atoms with Crippen molar-refractivity contribution < 1.29 is 5.11 Å². The zero-order valence-corrected chi connectivity index (χ0v) is 11.3. The number of rotatable bonds is 4. The van der Waals surface area contributed by atoms with E-state index in [0.29, 0.717) is 6.04 Å². The summed E-state index contributed by atoms with van der Waals surface area (Å²) in [6.45, 7) is 11.5. The van der Waals surface area contributed by atoms with Crippen molar-refractivity contribution in [3.8, 4) is 0 Å². The Morgan fingerprint density at radius 2 is 1.94 bits per heavy atom. The quantitative estimate of drug-likeness (QED) is 0.734. The van der Waals surface area contributed by atoms with Crippen LogP contribution >= 0.6 is 0 Å². The molecule has 0 bridgehead atoms.